The number of primary amides is 1. The molecule has 0 aliphatic rings. The quantitative estimate of drug-likeness (QED) is 0.161. The van der Waals surface area contributed by atoms with Gasteiger partial charge in [-0.25, -0.2) is 9.59 Å². The maximum absolute atomic E-state index is 11.9. The first-order valence-corrected chi connectivity index (χ1v) is 10.7. The van der Waals surface area contributed by atoms with Gasteiger partial charge in [0, 0.05) is 19.5 Å². The van der Waals surface area contributed by atoms with E-state index in [2.05, 4.69) is 15.4 Å². The summed E-state index contributed by atoms with van der Waals surface area (Å²) in [5.74, 6) is -0.648. The minimum atomic E-state index is -1.11. The number of carbonyl (C=O) groups is 3. The fourth-order valence-corrected chi connectivity index (χ4v) is 2.65. The molecule has 12 nitrogen and oxygen atoms in total. The Morgan fingerprint density at radius 2 is 1.64 bits per heavy atom. The largest absolute Gasteiger partial charge is 0.508 e. The lowest BCUT2D eigenvalue weighted by Gasteiger charge is -2.16. The molecule has 7 N–H and O–H groups in total. The van der Waals surface area contributed by atoms with Gasteiger partial charge in [0.25, 0.3) is 0 Å². The smallest absolute Gasteiger partial charge is 0.416 e. The summed E-state index contributed by atoms with van der Waals surface area (Å²) in [7, 11) is 0. The van der Waals surface area contributed by atoms with E-state index in [1.807, 2.05) is 6.92 Å². The monoisotopic (exact) mass is 470 g/mol. The first-order chi connectivity index (χ1) is 15.9. The molecule has 0 aliphatic heterocycles. The van der Waals surface area contributed by atoms with Crippen LogP contribution < -0.4 is 22.1 Å². The normalized spacial score (nSPS) is 11.6. The van der Waals surface area contributed by atoms with Gasteiger partial charge in [0.05, 0.1) is 39.6 Å². The zero-order valence-corrected chi connectivity index (χ0v) is 18.8. The highest BCUT2D eigenvalue weighted by molar-refractivity contribution is 5.88. The number of alkyl carbamates (subject to hydrolysis) is 2. The topological polar surface area (TPSA) is 184 Å². The molecule has 0 bridgehead atoms. The molecule has 0 aromatic heterocycles. The molecular formula is C21H34N4O8. The Balaban J connectivity index is 2.24. The number of nitrogens with two attached hydrogens (primary N) is 2. The van der Waals surface area contributed by atoms with Gasteiger partial charge in [-0.15, -0.1) is 0 Å². The van der Waals surface area contributed by atoms with E-state index < -0.39 is 24.1 Å². The van der Waals surface area contributed by atoms with Crippen molar-refractivity contribution in [3.8, 4) is 5.75 Å². The molecule has 0 spiro atoms. The van der Waals surface area contributed by atoms with Crippen LogP contribution in [0.2, 0.25) is 0 Å². The molecule has 0 saturated heterocycles. The van der Waals surface area contributed by atoms with Gasteiger partial charge < -0.3 is 46.2 Å². The third kappa shape index (κ3) is 12.6. The van der Waals surface area contributed by atoms with Crippen LogP contribution in [0.25, 0.3) is 0 Å². The van der Waals surface area contributed by atoms with E-state index in [1.54, 1.807) is 12.1 Å². The van der Waals surface area contributed by atoms with E-state index in [9.17, 15) is 19.5 Å². The summed E-state index contributed by atoms with van der Waals surface area (Å²) in [4.78, 5) is 35.3. The molecule has 186 valence electrons. The van der Waals surface area contributed by atoms with Crippen LogP contribution in [0.3, 0.4) is 0 Å². The number of benzene rings is 1. The number of aryl methyl sites for hydroxylation is 1. The molecule has 1 atom stereocenters. The molecule has 1 rings (SSSR count). The van der Waals surface area contributed by atoms with Gasteiger partial charge in [-0.1, -0.05) is 19.1 Å². The first kappa shape index (κ1) is 28.1. The number of phenols is 1. The Morgan fingerprint density at radius 3 is 2.24 bits per heavy atom. The number of ether oxygens (including phenoxy) is 4. The Bertz CT molecular complexity index is 747. The standard InChI is InChI=1S/C21H34N4O8/c1-2-16-13-15(3-4-18(16)26)14-17(19(23)27)25-21(29)33-20(28)24-6-8-31-10-12-32-11-9-30-7-5-22/h3-4,13,17,26H,2,5-12,14,22H2,1H3,(H2,23,27)(H,24,28)(H,25,29). The average Bonchev–Trinajstić information content (AvgIpc) is 2.78. The average molecular weight is 471 g/mol. The van der Waals surface area contributed by atoms with Gasteiger partial charge in [0.15, 0.2) is 0 Å². The van der Waals surface area contributed by atoms with E-state index in [4.69, 9.17) is 25.7 Å². The van der Waals surface area contributed by atoms with Gasteiger partial charge in [0.2, 0.25) is 5.91 Å². The fraction of sp³-hybridized carbons (Fsp3) is 0.571. The third-order valence-electron chi connectivity index (χ3n) is 4.31. The molecule has 12 heteroatoms. The van der Waals surface area contributed by atoms with E-state index in [1.165, 1.54) is 6.07 Å². The molecular weight excluding hydrogens is 436 g/mol. The number of nitrogens with one attached hydrogen (secondary N) is 2. The minimum absolute atomic E-state index is 0.0778. The lowest BCUT2D eigenvalue weighted by Crippen LogP contribution is -2.47. The SMILES string of the molecule is CCc1cc(CC(NC(=O)OC(=O)NCCOCCOCCOCCN)C(N)=O)ccc1O. The van der Waals surface area contributed by atoms with Crippen LogP contribution in [0.5, 0.6) is 5.75 Å². The highest BCUT2D eigenvalue weighted by atomic mass is 16.6. The summed E-state index contributed by atoms with van der Waals surface area (Å²) in [6.07, 6.45) is -1.44. The second-order valence-electron chi connectivity index (χ2n) is 6.85. The first-order valence-electron chi connectivity index (χ1n) is 10.7. The molecule has 1 aromatic carbocycles. The minimum Gasteiger partial charge on any atom is -0.508 e. The van der Waals surface area contributed by atoms with Crippen LogP contribution in [0.1, 0.15) is 18.1 Å². The fourth-order valence-electron chi connectivity index (χ4n) is 2.65. The van der Waals surface area contributed by atoms with Crippen LogP contribution in [-0.2, 0) is 36.6 Å². The lowest BCUT2D eigenvalue weighted by molar-refractivity contribution is -0.119. The summed E-state index contributed by atoms with van der Waals surface area (Å²) in [5, 5.41) is 14.4. The zero-order valence-electron chi connectivity index (χ0n) is 18.8. The van der Waals surface area contributed by atoms with Gasteiger partial charge >= 0.3 is 12.2 Å². The van der Waals surface area contributed by atoms with E-state index >= 15 is 0 Å². The summed E-state index contributed by atoms with van der Waals surface area (Å²) in [6.45, 7) is 4.71. The van der Waals surface area contributed by atoms with Crippen molar-refractivity contribution in [1.82, 2.24) is 10.6 Å². The van der Waals surface area contributed by atoms with E-state index in [-0.39, 0.29) is 25.3 Å². The molecule has 0 heterocycles. The summed E-state index contributed by atoms with van der Waals surface area (Å²) in [6, 6.07) is 3.74. The second-order valence-corrected chi connectivity index (χ2v) is 6.85. The number of hydrogen-bond donors (Lipinski definition) is 5. The van der Waals surface area contributed by atoms with Crippen molar-refractivity contribution in [3.05, 3.63) is 29.3 Å². The Labute approximate surface area is 192 Å². The summed E-state index contributed by atoms with van der Waals surface area (Å²) < 4.78 is 20.3. The van der Waals surface area contributed by atoms with Gasteiger partial charge in [0.1, 0.15) is 11.8 Å². The highest BCUT2D eigenvalue weighted by Gasteiger charge is 2.21. The van der Waals surface area contributed by atoms with E-state index in [0.29, 0.717) is 57.1 Å². The Morgan fingerprint density at radius 1 is 1.00 bits per heavy atom. The van der Waals surface area contributed by atoms with Crippen molar-refractivity contribution in [3.63, 3.8) is 0 Å². The van der Waals surface area contributed by atoms with Crippen molar-refractivity contribution in [1.29, 1.82) is 0 Å². The molecule has 1 aromatic rings. The number of carbonyl (C=O) groups excluding carboxylic acids is 3. The summed E-state index contributed by atoms with van der Waals surface area (Å²) in [5.41, 5.74) is 12.0. The maximum atomic E-state index is 11.9. The molecule has 33 heavy (non-hydrogen) atoms. The third-order valence-corrected chi connectivity index (χ3v) is 4.31. The zero-order chi connectivity index (χ0) is 24.5. The predicted octanol–water partition coefficient (Wildman–Crippen LogP) is -0.205. The predicted molar refractivity (Wildman–Crippen MR) is 119 cm³/mol. The van der Waals surface area contributed by atoms with Gasteiger partial charge in [-0.2, -0.15) is 0 Å². The van der Waals surface area contributed by atoms with Crippen molar-refractivity contribution in [2.75, 3.05) is 52.7 Å². The molecule has 0 saturated carbocycles. The van der Waals surface area contributed by atoms with Crippen molar-refractivity contribution >= 4 is 18.1 Å². The lowest BCUT2D eigenvalue weighted by atomic mass is 10.0. The number of amides is 3. The molecule has 0 fully saturated rings. The van der Waals surface area contributed by atoms with Crippen LogP contribution in [-0.4, -0.2) is 82.0 Å². The molecule has 3 amide bonds. The Hall–Kier alpha value is -2.93. The number of hydrogen-bond acceptors (Lipinski definition) is 9. The second kappa shape index (κ2) is 16.7. The number of aromatic hydroxyl groups is 1. The van der Waals surface area contributed by atoms with Gasteiger partial charge in [-0.05, 0) is 23.6 Å². The van der Waals surface area contributed by atoms with Crippen molar-refractivity contribution in [2.24, 2.45) is 11.5 Å². The molecule has 0 radical (unpaired) electrons. The van der Waals surface area contributed by atoms with Gasteiger partial charge in [-0.3, -0.25) is 4.79 Å². The van der Waals surface area contributed by atoms with E-state index in [0.717, 1.165) is 0 Å². The molecule has 0 aliphatic carbocycles. The number of rotatable bonds is 16. The van der Waals surface area contributed by atoms with Crippen molar-refractivity contribution in [2.45, 2.75) is 25.8 Å². The summed E-state index contributed by atoms with van der Waals surface area (Å²) >= 11 is 0. The highest BCUT2D eigenvalue weighted by Crippen LogP contribution is 2.19. The van der Waals surface area contributed by atoms with Crippen molar-refractivity contribution < 1.29 is 38.4 Å². The molecule has 1 unspecified atom stereocenters. The van der Waals surface area contributed by atoms with Crippen LogP contribution in [0.4, 0.5) is 9.59 Å². The van der Waals surface area contributed by atoms with Crippen LogP contribution in [0, 0.1) is 0 Å². The van der Waals surface area contributed by atoms with Crippen LogP contribution in [0.15, 0.2) is 18.2 Å². The van der Waals surface area contributed by atoms with Crippen LogP contribution >= 0.6 is 0 Å². The maximum Gasteiger partial charge on any atom is 0.416 e. The Kier molecular flexibility index (Phi) is 14.2. The number of phenolic OH excluding ortho intramolecular Hbond substituents is 1.